The van der Waals surface area contributed by atoms with Gasteiger partial charge in [-0.1, -0.05) is 12.1 Å². The Morgan fingerprint density at radius 2 is 2.12 bits per heavy atom. The normalized spacial score (nSPS) is 20.1. The smallest absolute Gasteiger partial charge is 0.416 e. The summed E-state index contributed by atoms with van der Waals surface area (Å²) in [6.45, 7) is 0.0534. The lowest BCUT2D eigenvalue weighted by Crippen LogP contribution is -2.55. The lowest BCUT2D eigenvalue weighted by molar-refractivity contribution is -0.144. The molecule has 1 atom stereocenters. The van der Waals surface area contributed by atoms with Gasteiger partial charge in [0.15, 0.2) is 5.54 Å². The van der Waals surface area contributed by atoms with Crippen molar-refractivity contribution in [2.24, 2.45) is 0 Å². The van der Waals surface area contributed by atoms with Crippen molar-refractivity contribution in [1.82, 2.24) is 10.3 Å². The van der Waals surface area contributed by atoms with Gasteiger partial charge >= 0.3 is 12.1 Å². The number of hydrogen-bond donors (Lipinski definition) is 2. The largest absolute Gasteiger partial charge is 0.479 e. The molecule has 6 nitrogen and oxygen atoms in total. The van der Waals surface area contributed by atoms with Gasteiger partial charge in [0.1, 0.15) is 10.7 Å². The van der Waals surface area contributed by atoms with Gasteiger partial charge in [-0.25, -0.2) is 9.78 Å². The Balaban J connectivity index is 1.82. The summed E-state index contributed by atoms with van der Waals surface area (Å²) in [6, 6.07) is 4.61. The van der Waals surface area contributed by atoms with E-state index in [1.165, 1.54) is 17.5 Å². The van der Waals surface area contributed by atoms with Gasteiger partial charge in [0.05, 0.1) is 12.2 Å². The van der Waals surface area contributed by atoms with Crippen LogP contribution in [0.15, 0.2) is 29.6 Å². The van der Waals surface area contributed by atoms with Crippen LogP contribution in [0.2, 0.25) is 0 Å². The number of benzene rings is 1. The predicted molar refractivity (Wildman–Crippen MR) is 85.8 cm³/mol. The van der Waals surface area contributed by atoms with E-state index in [2.05, 4.69) is 10.3 Å². The molecule has 1 aliphatic rings. The second-order valence-electron chi connectivity index (χ2n) is 5.76. The van der Waals surface area contributed by atoms with Crippen LogP contribution >= 0.6 is 11.3 Å². The second-order valence-corrected chi connectivity index (χ2v) is 6.62. The van der Waals surface area contributed by atoms with Gasteiger partial charge < -0.3 is 15.2 Å². The fourth-order valence-corrected chi connectivity index (χ4v) is 3.30. The summed E-state index contributed by atoms with van der Waals surface area (Å²) in [5.74, 6) is -1.93. The number of aliphatic carboxylic acids is 1. The number of halogens is 3. The monoisotopic (exact) mass is 386 g/mol. The van der Waals surface area contributed by atoms with Crippen LogP contribution in [0.5, 0.6) is 0 Å². The van der Waals surface area contributed by atoms with Gasteiger partial charge in [-0.2, -0.15) is 13.2 Å². The molecule has 26 heavy (non-hydrogen) atoms. The SMILES string of the molecule is O=C(NC1(C(=O)O)CCOC1)c1csc(-c2cccc(C(F)(F)F)c2)n1. The zero-order chi connectivity index (χ0) is 18.9. The van der Waals surface area contributed by atoms with Crippen molar-refractivity contribution in [3.05, 3.63) is 40.9 Å². The van der Waals surface area contributed by atoms with Crippen LogP contribution in [0.25, 0.3) is 10.6 Å². The zero-order valence-corrected chi connectivity index (χ0v) is 14.0. The summed E-state index contributed by atoms with van der Waals surface area (Å²) in [4.78, 5) is 27.8. The molecule has 2 aromatic rings. The Morgan fingerprint density at radius 1 is 1.35 bits per heavy atom. The zero-order valence-electron chi connectivity index (χ0n) is 13.2. The number of ether oxygens (including phenoxy) is 1. The molecule has 2 N–H and O–H groups in total. The number of amides is 1. The summed E-state index contributed by atoms with van der Waals surface area (Å²) in [5.41, 5.74) is -2.17. The van der Waals surface area contributed by atoms with Crippen LogP contribution in [-0.2, 0) is 15.7 Å². The quantitative estimate of drug-likeness (QED) is 0.844. The second kappa shape index (κ2) is 6.69. The van der Waals surface area contributed by atoms with Crippen LogP contribution in [-0.4, -0.2) is 40.7 Å². The van der Waals surface area contributed by atoms with Crippen LogP contribution in [0.3, 0.4) is 0 Å². The Kier molecular flexibility index (Phi) is 4.72. The van der Waals surface area contributed by atoms with Crippen LogP contribution in [0, 0.1) is 0 Å². The third kappa shape index (κ3) is 3.56. The number of aromatic nitrogens is 1. The van der Waals surface area contributed by atoms with Crippen molar-refractivity contribution in [3.63, 3.8) is 0 Å². The topological polar surface area (TPSA) is 88.5 Å². The van der Waals surface area contributed by atoms with Gasteiger partial charge in [-0.05, 0) is 12.1 Å². The standard InChI is InChI=1S/C16H13F3N2O4S/c17-16(18,19)10-3-1-2-9(6-10)13-20-11(7-26-13)12(22)21-15(14(23)24)4-5-25-8-15/h1-3,6-7H,4-5,8H2,(H,21,22)(H,23,24). The van der Waals surface area contributed by atoms with E-state index in [9.17, 15) is 27.9 Å². The van der Waals surface area contributed by atoms with Gasteiger partial charge in [0.25, 0.3) is 5.91 Å². The van der Waals surface area contributed by atoms with Gasteiger partial charge in [0, 0.05) is 24.0 Å². The highest BCUT2D eigenvalue weighted by Gasteiger charge is 2.44. The molecule has 0 aliphatic carbocycles. The molecule has 10 heteroatoms. The Bertz CT molecular complexity index is 844. The highest BCUT2D eigenvalue weighted by atomic mass is 32.1. The summed E-state index contributed by atoms with van der Waals surface area (Å²) in [5, 5.41) is 13.3. The van der Waals surface area contributed by atoms with E-state index < -0.39 is 29.2 Å². The average Bonchev–Trinajstić information content (AvgIpc) is 3.24. The number of nitrogens with one attached hydrogen (secondary N) is 1. The summed E-state index contributed by atoms with van der Waals surface area (Å²) < 4.78 is 43.5. The van der Waals surface area contributed by atoms with E-state index in [4.69, 9.17) is 4.74 Å². The first-order chi connectivity index (χ1) is 12.2. The predicted octanol–water partition coefficient (Wildman–Crippen LogP) is 2.80. The number of carbonyl (C=O) groups is 2. The third-order valence-electron chi connectivity index (χ3n) is 3.96. The van der Waals surface area contributed by atoms with Crippen molar-refractivity contribution in [3.8, 4) is 10.6 Å². The van der Waals surface area contributed by atoms with Crippen molar-refractivity contribution >= 4 is 23.2 Å². The molecule has 0 spiro atoms. The fourth-order valence-electron chi connectivity index (χ4n) is 2.51. The number of alkyl halides is 3. The Labute approximate surface area is 149 Å². The van der Waals surface area contributed by atoms with Gasteiger partial charge in [0.2, 0.25) is 0 Å². The first-order valence-electron chi connectivity index (χ1n) is 7.48. The maximum Gasteiger partial charge on any atom is 0.416 e. The van der Waals surface area contributed by atoms with E-state index in [-0.39, 0.29) is 35.9 Å². The molecule has 0 saturated carbocycles. The molecule has 1 aromatic heterocycles. The number of carbonyl (C=O) groups excluding carboxylic acids is 1. The van der Waals surface area contributed by atoms with Crippen LogP contribution < -0.4 is 5.32 Å². The summed E-state index contributed by atoms with van der Waals surface area (Å²) in [7, 11) is 0. The summed E-state index contributed by atoms with van der Waals surface area (Å²) in [6.07, 6.45) is -4.36. The number of nitrogens with zero attached hydrogens (tertiary/aromatic N) is 1. The van der Waals surface area contributed by atoms with Crippen molar-refractivity contribution < 1.29 is 32.6 Å². The van der Waals surface area contributed by atoms with E-state index in [0.717, 1.165) is 23.5 Å². The number of thiazole rings is 1. The molecule has 2 heterocycles. The van der Waals surface area contributed by atoms with E-state index in [1.54, 1.807) is 0 Å². The summed E-state index contributed by atoms with van der Waals surface area (Å²) >= 11 is 0.998. The number of carboxylic acids is 1. The van der Waals surface area contributed by atoms with E-state index in [1.807, 2.05) is 0 Å². The minimum absolute atomic E-state index is 0.0602. The van der Waals surface area contributed by atoms with Gasteiger partial charge in [-0.15, -0.1) is 11.3 Å². The molecule has 138 valence electrons. The van der Waals surface area contributed by atoms with Crippen molar-refractivity contribution in [1.29, 1.82) is 0 Å². The third-order valence-corrected chi connectivity index (χ3v) is 4.85. The molecular weight excluding hydrogens is 373 g/mol. The Hall–Kier alpha value is -2.46. The maximum atomic E-state index is 12.8. The molecule has 1 unspecified atom stereocenters. The molecular formula is C16H13F3N2O4S. The lowest BCUT2D eigenvalue weighted by Gasteiger charge is -2.22. The highest BCUT2D eigenvalue weighted by molar-refractivity contribution is 7.13. The Morgan fingerprint density at radius 3 is 2.73 bits per heavy atom. The van der Waals surface area contributed by atoms with Crippen LogP contribution in [0.4, 0.5) is 13.2 Å². The molecule has 3 rings (SSSR count). The lowest BCUT2D eigenvalue weighted by atomic mass is 9.99. The minimum atomic E-state index is -4.48. The molecule has 1 saturated heterocycles. The van der Waals surface area contributed by atoms with Gasteiger partial charge in [-0.3, -0.25) is 4.79 Å². The first-order valence-corrected chi connectivity index (χ1v) is 8.36. The molecule has 1 fully saturated rings. The molecule has 0 bridgehead atoms. The number of hydrogen-bond acceptors (Lipinski definition) is 5. The number of rotatable bonds is 4. The molecule has 1 aliphatic heterocycles. The minimum Gasteiger partial charge on any atom is -0.479 e. The van der Waals surface area contributed by atoms with Crippen molar-refractivity contribution in [2.75, 3.05) is 13.2 Å². The first kappa shape index (κ1) is 18.3. The molecule has 1 amide bonds. The fraction of sp³-hybridized carbons (Fsp3) is 0.312. The average molecular weight is 386 g/mol. The molecule has 0 radical (unpaired) electrons. The van der Waals surface area contributed by atoms with Crippen LogP contribution in [0.1, 0.15) is 22.5 Å². The maximum absolute atomic E-state index is 12.8. The van der Waals surface area contributed by atoms with Crippen molar-refractivity contribution in [2.45, 2.75) is 18.1 Å². The van der Waals surface area contributed by atoms with E-state index >= 15 is 0 Å². The molecule has 1 aromatic carbocycles. The van der Waals surface area contributed by atoms with E-state index in [0.29, 0.717) is 0 Å². The number of carboxylic acid groups (broad SMARTS) is 1. The highest BCUT2D eigenvalue weighted by Crippen LogP contribution is 2.33.